The average Bonchev–Trinajstić information content (AvgIpc) is 2.88. The van der Waals surface area contributed by atoms with Crippen LogP contribution in [0, 0.1) is 5.92 Å². The molecular weight excluding hydrogens is 337 g/mol. The normalized spacial score (nSPS) is 23.9. The van der Waals surface area contributed by atoms with E-state index in [1.165, 1.54) is 19.1 Å². The summed E-state index contributed by atoms with van der Waals surface area (Å²) in [4.78, 5) is 0. The third-order valence-corrected chi connectivity index (χ3v) is 4.06. The molecule has 2 atom stereocenters. The van der Waals surface area contributed by atoms with Crippen LogP contribution in [0.3, 0.4) is 0 Å². The number of hydrogen-bond acceptors (Lipinski definition) is 2. The third kappa shape index (κ3) is 2.99. The van der Waals surface area contributed by atoms with Crippen molar-refractivity contribution >= 4 is 7.12 Å². The van der Waals surface area contributed by atoms with Gasteiger partial charge in [-0.15, -0.1) is 0 Å². The van der Waals surface area contributed by atoms with Crippen molar-refractivity contribution in [3.05, 3.63) is 47.6 Å². The minimum atomic E-state index is -4.89. The second-order valence-electron chi connectivity index (χ2n) is 5.63. The van der Waals surface area contributed by atoms with Crippen molar-refractivity contribution < 1.29 is 35.7 Å². The molecule has 0 bridgehead atoms. The molecule has 1 aliphatic heterocycles. The molecule has 2 aliphatic rings. The summed E-state index contributed by atoms with van der Waals surface area (Å²) in [6.45, 7) is 1.21. The number of para-hydroxylation sites is 2. The molecule has 2 unspecified atom stereocenters. The molecule has 0 amide bonds. The Morgan fingerprint density at radius 2 is 1.46 bits per heavy atom. The first-order valence-corrected chi connectivity index (χ1v) is 7.07. The molecule has 128 valence electrons. The highest BCUT2D eigenvalue weighted by molar-refractivity contribution is 6.50. The van der Waals surface area contributed by atoms with Gasteiger partial charge in [-0.2, -0.15) is 26.3 Å². The van der Waals surface area contributed by atoms with E-state index in [1.54, 1.807) is 12.1 Å². The van der Waals surface area contributed by atoms with Crippen LogP contribution in [0.2, 0.25) is 5.82 Å². The van der Waals surface area contributed by atoms with Crippen LogP contribution < -0.4 is 9.31 Å². The van der Waals surface area contributed by atoms with Crippen LogP contribution in [0.15, 0.2) is 47.6 Å². The van der Waals surface area contributed by atoms with Gasteiger partial charge in [-0.25, -0.2) is 0 Å². The number of fused-ring (bicyclic) bond motifs is 1. The van der Waals surface area contributed by atoms with Crippen LogP contribution >= 0.6 is 0 Å². The van der Waals surface area contributed by atoms with Crippen LogP contribution in [-0.4, -0.2) is 19.5 Å². The Labute approximate surface area is 133 Å². The van der Waals surface area contributed by atoms with Gasteiger partial charge in [-0.3, -0.25) is 0 Å². The van der Waals surface area contributed by atoms with Crippen molar-refractivity contribution in [2.45, 2.75) is 25.1 Å². The summed E-state index contributed by atoms with van der Waals surface area (Å²) in [5, 5.41) is 0. The zero-order valence-electron chi connectivity index (χ0n) is 12.3. The molecule has 24 heavy (non-hydrogen) atoms. The molecule has 1 aliphatic carbocycles. The highest BCUT2D eigenvalue weighted by atomic mass is 19.4. The van der Waals surface area contributed by atoms with Crippen molar-refractivity contribution in [1.82, 2.24) is 0 Å². The lowest BCUT2D eigenvalue weighted by atomic mass is 9.61. The number of allylic oxidation sites excluding steroid dienone is 4. The first-order valence-electron chi connectivity index (χ1n) is 7.07. The van der Waals surface area contributed by atoms with Crippen molar-refractivity contribution in [3.8, 4) is 11.5 Å². The Morgan fingerprint density at radius 1 is 0.917 bits per heavy atom. The first kappa shape index (κ1) is 16.8. The van der Waals surface area contributed by atoms with E-state index in [0.29, 0.717) is 11.5 Å². The van der Waals surface area contributed by atoms with Crippen molar-refractivity contribution in [1.29, 1.82) is 0 Å². The molecule has 0 spiro atoms. The fourth-order valence-electron chi connectivity index (χ4n) is 2.81. The Bertz CT molecular complexity index is 682. The van der Waals surface area contributed by atoms with E-state index in [-0.39, 0.29) is 6.08 Å². The SMILES string of the molecule is CC1C(C(F)(F)F)=CC(C(F)(F)F)=CC1B1Oc2ccccc2O1. The van der Waals surface area contributed by atoms with E-state index in [0.717, 1.165) is 6.08 Å². The van der Waals surface area contributed by atoms with Crippen LogP contribution in [0.25, 0.3) is 0 Å². The summed E-state index contributed by atoms with van der Waals surface area (Å²) < 4.78 is 89.2. The van der Waals surface area contributed by atoms with Gasteiger partial charge in [0.15, 0.2) is 0 Å². The van der Waals surface area contributed by atoms with Gasteiger partial charge in [0.1, 0.15) is 11.5 Å². The Morgan fingerprint density at radius 3 is 1.92 bits per heavy atom. The van der Waals surface area contributed by atoms with Gasteiger partial charge in [0.25, 0.3) is 0 Å². The zero-order valence-corrected chi connectivity index (χ0v) is 12.3. The van der Waals surface area contributed by atoms with E-state index in [2.05, 4.69) is 0 Å². The summed E-state index contributed by atoms with van der Waals surface area (Å²) in [5.74, 6) is -1.88. The summed E-state index contributed by atoms with van der Waals surface area (Å²) >= 11 is 0. The van der Waals surface area contributed by atoms with Gasteiger partial charge in [-0.05, 0) is 24.1 Å². The summed E-state index contributed by atoms with van der Waals surface area (Å²) in [6.07, 6.45) is -8.85. The molecule has 0 fully saturated rings. The topological polar surface area (TPSA) is 18.5 Å². The van der Waals surface area contributed by atoms with E-state index in [4.69, 9.17) is 9.31 Å². The monoisotopic (exact) mass is 348 g/mol. The average molecular weight is 348 g/mol. The minimum Gasteiger partial charge on any atom is -0.523 e. The number of alkyl halides is 6. The number of benzene rings is 1. The van der Waals surface area contributed by atoms with Crippen LogP contribution in [0.1, 0.15) is 6.92 Å². The van der Waals surface area contributed by atoms with Crippen molar-refractivity contribution in [2.24, 2.45) is 5.92 Å². The Balaban J connectivity index is 1.96. The number of hydrogen-bond donors (Lipinski definition) is 0. The zero-order chi connectivity index (χ0) is 17.7. The minimum absolute atomic E-state index is 0.156. The van der Waals surface area contributed by atoms with Crippen LogP contribution in [0.5, 0.6) is 11.5 Å². The second kappa shape index (κ2) is 5.49. The van der Waals surface area contributed by atoms with Gasteiger partial charge < -0.3 is 9.31 Å². The van der Waals surface area contributed by atoms with E-state index >= 15 is 0 Å². The van der Waals surface area contributed by atoms with Crippen LogP contribution in [0.4, 0.5) is 26.3 Å². The van der Waals surface area contributed by atoms with E-state index in [1.807, 2.05) is 0 Å². The highest BCUT2D eigenvalue weighted by Gasteiger charge is 2.51. The molecule has 0 N–H and O–H groups in total. The maximum atomic E-state index is 13.1. The Hall–Kier alpha value is -2.06. The van der Waals surface area contributed by atoms with E-state index < -0.39 is 42.4 Å². The fraction of sp³-hybridized carbons (Fsp3) is 0.333. The lowest BCUT2D eigenvalue weighted by Crippen LogP contribution is -2.38. The Kier molecular flexibility index (Phi) is 3.84. The van der Waals surface area contributed by atoms with Gasteiger partial charge in [0.2, 0.25) is 0 Å². The molecule has 0 saturated heterocycles. The van der Waals surface area contributed by atoms with Crippen molar-refractivity contribution in [3.63, 3.8) is 0 Å². The molecule has 0 saturated carbocycles. The molecule has 1 heterocycles. The van der Waals surface area contributed by atoms with E-state index in [9.17, 15) is 26.3 Å². The molecule has 2 nitrogen and oxygen atoms in total. The lowest BCUT2D eigenvalue weighted by molar-refractivity contribution is -0.103. The summed E-state index contributed by atoms with van der Waals surface area (Å²) in [6, 6.07) is 6.34. The summed E-state index contributed by atoms with van der Waals surface area (Å²) in [5.41, 5.74) is -2.59. The molecule has 3 rings (SSSR count). The predicted octanol–water partition coefficient (Wildman–Crippen LogP) is 4.94. The predicted molar refractivity (Wildman–Crippen MR) is 74.6 cm³/mol. The summed E-state index contributed by atoms with van der Waals surface area (Å²) in [7, 11) is -1.25. The molecule has 9 heteroatoms. The molecule has 0 aromatic heterocycles. The van der Waals surface area contributed by atoms with Gasteiger partial charge in [0, 0.05) is 11.4 Å². The maximum Gasteiger partial charge on any atom is 0.602 e. The van der Waals surface area contributed by atoms with Gasteiger partial charge in [-0.1, -0.05) is 25.1 Å². The molecule has 1 aromatic rings. The number of halogens is 6. The smallest absolute Gasteiger partial charge is 0.523 e. The second-order valence-corrected chi connectivity index (χ2v) is 5.63. The molecule has 0 radical (unpaired) electrons. The fourth-order valence-corrected chi connectivity index (χ4v) is 2.81. The maximum absolute atomic E-state index is 13.1. The molecule has 1 aromatic carbocycles. The van der Waals surface area contributed by atoms with Crippen LogP contribution in [-0.2, 0) is 0 Å². The third-order valence-electron chi connectivity index (χ3n) is 4.06. The highest BCUT2D eigenvalue weighted by Crippen LogP contribution is 2.48. The number of rotatable bonds is 1. The lowest BCUT2D eigenvalue weighted by Gasteiger charge is -2.30. The van der Waals surface area contributed by atoms with Crippen molar-refractivity contribution in [2.75, 3.05) is 0 Å². The van der Waals surface area contributed by atoms with Gasteiger partial charge in [0.05, 0.1) is 5.57 Å². The largest absolute Gasteiger partial charge is 0.602 e. The molecular formula is C15H11BF6O2. The quantitative estimate of drug-likeness (QED) is 0.529. The van der Waals surface area contributed by atoms with Gasteiger partial charge >= 0.3 is 19.5 Å². The standard InChI is InChI=1S/C15H11BF6O2/c1-8-10(15(20,21)22)6-9(14(17,18)19)7-11(8)16-23-12-4-2-3-5-13(12)24-16/h2-8,11H,1H3. The first-order chi connectivity index (χ1) is 11.1.